The van der Waals surface area contributed by atoms with Gasteiger partial charge in [0.1, 0.15) is 5.82 Å². The van der Waals surface area contributed by atoms with Crippen molar-refractivity contribution in [2.75, 3.05) is 5.32 Å². The van der Waals surface area contributed by atoms with Crippen LogP contribution in [0.5, 0.6) is 0 Å². The molecule has 5 nitrogen and oxygen atoms in total. The van der Waals surface area contributed by atoms with Gasteiger partial charge in [0.05, 0.1) is 11.3 Å². The van der Waals surface area contributed by atoms with Crippen molar-refractivity contribution in [3.05, 3.63) is 58.9 Å². The summed E-state index contributed by atoms with van der Waals surface area (Å²) < 4.78 is 13.8. The molecule has 2 aromatic rings. The van der Waals surface area contributed by atoms with Crippen molar-refractivity contribution in [1.82, 2.24) is 0 Å². The van der Waals surface area contributed by atoms with Crippen LogP contribution < -0.4 is 11.1 Å². The molecule has 6 heteroatoms. The van der Waals surface area contributed by atoms with Gasteiger partial charge in [-0.25, -0.2) is 9.18 Å². The average Bonchev–Trinajstić information content (AvgIpc) is 2.42. The standard InChI is InChI=1S/C15H13FN2O3/c1-8-2-4-10(7-11(8)15(20)21)18-13-5-3-9(14(17)19)6-12(13)16/h2-7,18H,1H3,(H2,17,19)(H,20,21). The second kappa shape index (κ2) is 5.62. The summed E-state index contributed by atoms with van der Waals surface area (Å²) in [7, 11) is 0. The minimum absolute atomic E-state index is 0.0631. The van der Waals surface area contributed by atoms with Gasteiger partial charge >= 0.3 is 5.97 Å². The summed E-state index contributed by atoms with van der Waals surface area (Å²) in [6.45, 7) is 1.68. The van der Waals surface area contributed by atoms with E-state index in [1.54, 1.807) is 19.1 Å². The third-order valence-corrected chi connectivity index (χ3v) is 3.00. The molecule has 0 bridgehead atoms. The minimum Gasteiger partial charge on any atom is -0.478 e. The van der Waals surface area contributed by atoms with Crippen LogP contribution in [0.15, 0.2) is 36.4 Å². The molecule has 21 heavy (non-hydrogen) atoms. The number of aromatic carboxylic acids is 1. The predicted molar refractivity (Wildman–Crippen MR) is 76.3 cm³/mol. The lowest BCUT2D eigenvalue weighted by atomic mass is 10.1. The van der Waals surface area contributed by atoms with Crippen LogP contribution in [0.2, 0.25) is 0 Å². The van der Waals surface area contributed by atoms with E-state index in [1.807, 2.05) is 0 Å². The largest absolute Gasteiger partial charge is 0.478 e. The van der Waals surface area contributed by atoms with Gasteiger partial charge in [-0.15, -0.1) is 0 Å². The number of nitrogens with two attached hydrogens (primary N) is 1. The molecule has 0 spiro atoms. The number of rotatable bonds is 4. The second-order valence-electron chi connectivity index (χ2n) is 4.52. The normalized spacial score (nSPS) is 10.2. The zero-order valence-corrected chi connectivity index (χ0v) is 11.2. The number of anilines is 2. The van der Waals surface area contributed by atoms with Crippen molar-refractivity contribution in [1.29, 1.82) is 0 Å². The molecule has 0 aliphatic carbocycles. The summed E-state index contributed by atoms with van der Waals surface area (Å²) in [6.07, 6.45) is 0. The van der Waals surface area contributed by atoms with Crippen molar-refractivity contribution in [3.63, 3.8) is 0 Å². The quantitative estimate of drug-likeness (QED) is 0.806. The summed E-state index contributed by atoms with van der Waals surface area (Å²) >= 11 is 0. The molecule has 0 atom stereocenters. The van der Waals surface area contributed by atoms with Gasteiger partial charge in [-0.2, -0.15) is 0 Å². The van der Waals surface area contributed by atoms with Gasteiger partial charge in [0.15, 0.2) is 0 Å². The number of carboxylic acids is 1. The van der Waals surface area contributed by atoms with Crippen LogP contribution in [0.3, 0.4) is 0 Å². The molecular formula is C15H13FN2O3. The molecule has 0 saturated carbocycles. The van der Waals surface area contributed by atoms with Gasteiger partial charge in [-0.05, 0) is 42.8 Å². The van der Waals surface area contributed by atoms with Crippen LogP contribution in [0.25, 0.3) is 0 Å². The maximum absolute atomic E-state index is 13.8. The first-order chi connectivity index (χ1) is 9.88. The Morgan fingerprint density at radius 3 is 2.48 bits per heavy atom. The Balaban J connectivity index is 2.32. The Kier molecular flexibility index (Phi) is 3.89. The highest BCUT2D eigenvalue weighted by atomic mass is 19.1. The fourth-order valence-corrected chi connectivity index (χ4v) is 1.86. The Labute approximate surface area is 120 Å². The van der Waals surface area contributed by atoms with E-state index < -0.39 is 17.7 Å². The van der Waals surface area contributed by atoms with Crippen LogP contribution >= 0.6 is 0 Å². The first-order valence-corrected chi connectivity index (χ1v) is 6.09. The number of benzene rings is 2. The molecule has 2 aromatic carbocycles. The van der Waals surface area contributed by atoms with Crippen LogP contribution in [0, 0.1) is 12.7 Å². The monoisotopic (exact) mass is 288 g/mol. The Morgan fingerprint density at radius 2 is 1.90 bits per heavy atom. The molecule has 0 heterocycles. The van der Waals surface area contributed by atoms with Gasteiger partial charge in [-0.3, -0.25) is 4.79 Å². The summed E-state index contributed by atoms with van der Waals surface area (Å²) in [6, 6.07) is 8.47. The van der Waals surface area contributed by atoms with Gasteiger partial charge in [-0.1, -0.05) is 6.07 Å². The maximum Gasteiger partial charge on any atom is 0.336 e. The summed E-state index contributed by atoms with van der Waals surface area (Å²) in [4.78, 5) is 22.0. The lowest BCUT2D eigenvalue weighted by molar-refractivity contribution is 0.0696. The van der Waals surface area contributed by atoms with E-state index in [0.717, 1.165) is 6.07 Å². The van der Waals surface area contributed by atoms with E-state index in [0.29, 0.717) is 11.3 Å². The van der Waals surface area contributed by atoms with E-state index in [4.69, 9.17) is 10.8 Å². The molecule has 2 rings (SSSR count). The van der Waals surface area contributed by atoms with Crippen LogP contribution in [0.1, 0.15) is 26.3 Å². The Hall–Kier alpha value is -2.89. The summed E-state index contributed by atoms with van der Waals surface area (Å²) in [5.74, 6) is -2.42. The van der Waals surface area contributed by atoms with E-state index in [2.05, 4.69) is 5.32 Å². The number of nitrogens with one attached hydrogen (secondary N) is 1. The fraction of sp³-hybridized carbons (Fsp3) is 0.0667. The number of primary amides is 1. The Bertz CT molecular complexity index is 729. The van der Waals surface area contributed by atoms with E-state index in [-0.39, 0.29) is 16.8 Å². The summed E-state index contributed by atoms with van der Waals surface area (Å²) in [5.41, 5.74) is 6.43. The molecule has 0 aromatic heterocycles. The topological polar surface area (TPSA) is 92.4 Å². The maximum atomic E-state index is 13.8. The molecule has 0 aliphatic heterocycles. The molecule has 108 valence electrons. The molecule has 0 fully saturated rings. The molecule has 0 unspecified atom stereocenters. The fourth-order valence-electron chi connectivity index (χ4n) is 1.86. The van der Waals surface area contributed by atoms with Gasteiger partial charge < -0.3 is 16.2 Å². The second-order valence-corrected chi connectivity index (χ2v) is 4.52. The number of halogens is 1. The molecular weight excluding hydrogens is 275 g/mol. The predicted octanol–water partition coefficient (Wildman–Crippen LogP) is 2.67. The van der Waals surface area contributed by atoms with E-state index in [9.17, 15) is 14.0 Å². The van der Waals surface area contributed by atoms with Crippen molar-refractivity contribution >= 4 is 23.3 Å². The van der Waals surface area contributed by atoms with Crippen LogP contribution in [-0.4, -0.2) is 17.0 Å². The first kappa shape index (κ1) is 14.5. The van der Waals surface area contributed by atoms with Crippen LogP contribution in [-0.2, 0) is 0 Å². The van der Waals surface area contributed by atoms with Crippen molar-refractivity contribution in [2.45, 2.75) is 6.92 Å². The average molecular weight is 288 g/mol. The summed E-state index contributed by atoms with van der Waals surface area (Å²) in [5, 5.41) is 11.8. The third-order valence-electron chi connectivity index (χ3n) is 3.00. The number of carbonyl (C=O) groups excluding carboxylic acids is 1. The van der Waals surface area contributed by atoms with Crippen LogP contribution in [0.4, 0.5) is 15.8 Å². The van der Waals surface area contributed by atoms with Gasteiger partial charge in [0, 0.05) is 11.3 Å². The number of carbonyl (C=O) groups is 2. The SMILES string of the molecule is Cc1ccc(Nc2ccc(C(N)=O)cc2F)cc1C(=O)O. The van der Waals surface area contributed by atoms with Crippen molar-refractivity contribution < 1.29 is 19.1 Å². The van der Waals surface area contributed by atoms with E-state index >= 15 is 0 Å². The zero-order valence-electron chi connectivity index (χ0n) is 11.2. The molecule has 1 amide bonds. The zero-order chi connectivity index (χ0) is 15.6. The number of carboxylic acid groups (broad SMARTS) is 1. The first-order valence-electron chi connectivity index (χ1n) is 6.09. The number of aryl methyl sites for hydroxylation is 1. The highest BCUT2D eigenvalue weighted by Crippen LogP contribution is 2.23. The van der Waals surface area contributed by atoms with Crippen molar-refractivity contribution in [2.24, 2.45) is 5.73 Å². The van der Waals surface area contributed by atoms with Gasteiger partial charge in [0.25, 0.3) is 0 Å². The highest BCUT2D eigenvalue weighted by molar-refractivity contribution is 5.93. The minimum atomic E-state index is -1.05. The highest BCUT2D eigenvalue weighted by Gasteiger charge is 2.10. The number of hydrogen-bond acceptors (Lipinski definition) is 3. The lowest BCUT2D eigenvalue weighted by Gasteiger charge is -2.10. The molecule has 0 aliphatic rings. The number of amides is 1. The molecule has 0 radical (unpaired) electrons. The van der Waals surface area contributed by atoms with Gasteiger partial charge in [0.2, 0.25) is 5.91 Å². The van der Waals surface area contributed by atoms with Crippen molar-refractivity contribution in [3.8, 4) is 0 Å². The number of hydrogen-bond donors (Lipinski definition) is 3. The Morgan fingerprint density at radius 1 is 1.19 bits per heavy atom. The van der Waals surface area contributed by atoms with E-state index in [1.165, 1.54) is 18.2 Å². The molecule has 0 saturated heterocycles. The smallest absolute Gasteiger partial charge is 0.336 e. The third kappa shape index (κ3) is 3.17. The lowest BCUT2D eigenvalue weighted by Crippen LogP contribution is -2.11. The molecule has 4 N–H and O–H groups in total.